The molecule has 2 amide bonds. The normalized spacial score (nSPS) is 12.7. The van der Waals surface area contributed by atoms with E-state index in [1.54, 1.807) is 23.6 Å². The summed E-state index contributed by atoms with van der Waals surface area (Å²) in [5, 5.41) is 15.4. The van der Waals surface area contributed by atoms with E-state index in [4.69, 9.17) is 13.9 Å². The number of ether oxygens (including phenoxy) is 2. The van der Waals surface area contributed by atoms with E-state index in [9.17, 15) is 14.4 Å². The highest BCUT2D eigenvalue weighted by Gasteiger charge is 2.27. The van der Waals surface area contributed by atoms with Gasteiger partial charge in [-0.15, -0.1) is 21.5 Å². The maximum absolute atomic E-state index is 13.2. The van der Waals surface area contributed by atoms with Crippen LogP contribution in [0.5, 0.6) is 5.75 Å². The second-order valence-electron chi connectivity index (χ2n) is 9.65. The number of amides is 2. The minimum atomic E-state index is -0.402. The van der Waals surface area contributed by atoms with Crippen molar-refractivity contribution in [1.29, 1.82) is 0 Å². The molecule has 0 aliphatic heterocycles. The number of carbonyl (C=O) groups excluding carboxylic acids is 3. The van der Waals surface area contributed by atoms with Crippen molar-refractivity contribution in [3.8, 4) is 11.4 Å². The van der Waals surface area contributed by atoms with Crippen molar-refractivity contribution in [1.82, 2.24) is 20.1 Å². The lowest BCUT2D eigenvalue weighted by Gasteiger charge is -2.12. The highest BCUT2D eigenvalue weighted by Crippen LogP contribution is 2.38. The van der Waals surface area contributed by atoms with Crippen molar-refractivity contribution >= 4 is 45.9 Å². The first-order valence-corrected chi connectivity index (χ1v) is 16.0. The van der Waals surface area contributed by atoms with E-state index in [-0.39, 0.29) is 36.5 Å². The van der Waals surface area contributed by atoms with Crippen molar-refractivity contribution in [3.63, 3.8) is 0 Å². The molecule has 0 atom stereocenters. The van der Waals surface area contributed by atoms with Crippen LogP contribution in [0.1, 0.15) is 70.3 Å². The molecule has 0 bridgehead atoms. The number of esters is 1. The van der Waals surface area contributed by atoms with E-state index in [0.717, 1.165) is 48.2 Å². The van der Waals surface area contributed by atoms with Crippen LogP contribution in [0, 0.1) is 0 Å². The summed E-state index contributed by atoms with van der Waals surface area (Å²) >= 11 is 2.66. The summed E-state index contributed by atoms with van der Waals surface area (Å²) in [5.41, 5.74) is 2.22. The van der Waals surface area contributed by atoms with Crippen LogP contribution in [0.2, 0.25) is 0 Å². The molecular weight excluding hydrogens is 590 g/mol. The molecule has 1 aliphatic carbocycles. The Balaban J connectivity index is 1.34. The number of furan rings is 1. The lowest BCUT2D eigenvalue weighted by Crippen LogP contribution is -2.24. The number of thioether (sulfide) groups is 1. The third-order valence-corrected chi connectivity index (χ3v) is 8.88. The van der Waals surface area contributed by atoms with Crippen molar-refractivity contribution in [2.24, 2.45) is 0 Å². The number of hydrogen-bond acceptors (Lipinski definition) is 10. The van der Waals surface area contributed by atoms with Gasteiger partial charge in [-0.25, -0.2) is 4.79 Å². The fraction of sp³-hybridized carbons (Fsp3) is 0.367. The van der Waals surface area contributed by atoms with E-state index in [1.807, 2.05) is 31.2 Å². The Hall–Kier alpha value is -4.10. The number of hydrogen-bond donors (Lipinski definition) is 2. The van der Waals surface area contributed by atoms with Crippen LogP contribution in [0.3, 0.4) is 0 Å². The van der Waals surface area contributed by atoms with Gasteiger partial charge >= 0.3 is 5.97 Å². The topological polar surface area (TPSA) is 138 Å². The van der Waals surface area contributed by atoms with Gasteiger partial charge in [0.1, 0.15) is 10.8 Å². The number of thiophene rings is 1. The van der Waals surface area contributed by atoms with Gasteiger partial charge in [-0.05, 0) is 81.5 Å². The minimum absolute atomic E-state index is 0.0265. The summed E-state index contributed by atoms with van der Waals surface area (Å²) in [4.78, 5) is 39.7. The van der Waals surface area contributed by atoms with E-state index in [2.05, 4.69) is 20.8 Å². The molecule has 0 unspecified atom stereocenters. The Morgan fingerprint density at radius 2 is 1.86 bits per heavy atom. The number of carbonyl (C=O) groups is 3. The lowest BCUT2D eigenvalue weighted by atomic mass is 10.1. The number of rotatable bonds is 12. The fourth-order valence-corrected chi connectivity index (χ4v) is 6.89. The van der Waals surface area contributed by atoms with Crippen LogP contribution in [0.25, 0.3) is 5.69 Å². The number of aryl methyl sites for hydroxylation is 1. The van der Waals surface area contributed by atoms with Crippen molar-refractivity contribution in [2.75, 3.05) is 24.3 Å². The number of fused-ring (bicyclic) bond motifs is 1. The molecule has 0 saturated heterocycles. The molecule has 2 N–H and O–H groups in total. The molecule has 1 aliphatic rings. The van der Waals surface area contributed by atoms with Crippen LogP contribution in [-0.4, -0.2) is 51.5 Å². The Kier molecular flexibility index (Phi) is 10.2. The highest BCUT2D eigenvalue weighted by molar-refractivity contribution is 7.99. The molecule has 0 saturated carbocycles. The molecule has 3 aromatic heterocycles. The first kappa shape index (κ1) is 30.4. The molecule has 13 heteroatoms. The van der Waals surface area contributed by atoms with Crippen molar-refractivity contribution in [2.45, 2.75) is 57.7 Å². The summed E-state index contributed by atoms with van der Waals surface area (Å²) in [5.74, 6) is 0.338. The van der Waals surface area contributed by atoms with Gasteiger partial charge in [0.15, 0.2) is 16.7 Å². The highest BCUT2D eigenvalue weighted by atomic mass is 32.2. The third kappa shape index (κ3) is 7.28. The molecule has 0 radical (unpaired) electrons. The van der Waals surface area contributed by atoms with Gasteiger partial charge in [0.25, 0.3) is 5.91 Å². The maximum Gasteiger partial charge on any atom is 0.341 e. The minimum Gasteiger partial charge on any atom is -0.494 e. The summed E-state index contributed by atoms with van der Waals surface area (Å²) in [6.07, 6.45) is 6.30. The predicted octanol–water partition coefficient (Wildman–Crippen LogP) is 5.43. The largest absolute Gasteiger partial charge is 0.494 e. The second kappa shape index (κ2) is 14.4. The average molecular weight is 624 g/mol. The Morgan fingerprint density at radius 1 is 1.05 bits per heavy atom. The fourth-order valence-electron chi connectivity index (χ4n) is 4.82. The van der Waals surface area contributed by atoms with E-state index in [0.29, 0.717) is 33.9 Å². The number of benzene rings is 1. The number of aromatic nitrogens is 3. The molecule has 1 aromatic carbocycles. The van der Waals surface area contributed by atoms with Crippen LogP contribution < -0.4 is 15.4 Å². The molecule has 11 nitrogen and oxygen atoms in total. The smallest absolute Gasteiger partial charge is 0.341 e. The molecule has 3 heterocycles. The quantitative estimate of drug-likeness (QED) is 0.120. The van der Waals surface area contributed by atoms with Gasteiger partial charge in [-0.2, -0.15) is 0 Å². The average Bonchev–Trinajstić information content (AvgIpc) is 3.72. The van der Waals surface area contributed by atoms with Gasteiger partial charge in [-0.3, -0.25) is 14.2 Å². The Labute approximate surface area is 257 Å². The summed E-state index contributed by atoms with van der Waals surface area (Å²) in [7, 11) is 0. The van der Waals surface area contributed by atoms with E-state index < -0.39 is 5.97 Å². The SMILES string of the molecule is CCOC(=O)c1c(NC(=O)CSc2nnc(CNC(=O)c3ccco3)n2-c2ccc(OCC)cc2)sc2c1CCCCC2. The summed E-state index contributed by atoms with van der Waals surface area (Å²) in [6, 6.07) is 10.6. The first-order valence-electron chi connectivity index (χ1n) is 14.2. The van der Waals surface area contributed by atoms with Crippen LogP contribution >= 0.6 is 23.1 Å². The molecule has 0 spiro atoms. The molecule has 0 fully saturated rings. The number of anilines is 1. The van der Waals surface area contributed by atoms with Crippen LogP contribution in [0.4, 0.5) is 5.00 Å². The molecule has 5 rings (SSSR count). The lowest BCUT2D eigenvalue weighted by molar-refractivity contribution is -0.113. The first-order chi connectivity index (χ1) is 21.0. The zero-order chi connectivity index (χ0) is 30.2. The summed E-state index contributed by atoms with van der Waals surface area (Å²) < 4.78 is 17.9. The van der Waals surface area contributed by atoms with Gasteiger partial charge in [0.2, 0.25) is 5.91 Å². The van der Waals surface area contributed by atoms with Crippen LogP contribution in [-0.2, 0) is 28.9 Å². The van der Waals surface area contributed by atoms with Crippen molar-refractivity contribution < 1.29 is 28.3 Å². The number of nitrogens with zero attached hydrogens (tertiary/aromatic N) is 3. The molecule has 43 heavy (non-hydrogen) atoms. The second-order valence-corrected chi connectivity index (χ2v) is 11.7. The van der Waals surface area contributed by atoms with Gasteiger partial charge in [0, 0.05) is 10.6 Å². The summed E-state index contributed by atoms with van der Waals surface area (Å²) in [6.45, 7) is 4.57. The van der Waals surface area contributed by atoms with Gasteiger partial charge < -0.3 is 24.5 Å². The monoisotopic (exact) mass is 623 g/mol. The van der Waals surface area contributed by atoms with Crippen LogP contribution in [0.15, 0.2) is 52.2 Å². The zero-order valence-corrected chi connectivity index (χ0v) is 25.6. The van der Waals surface area contributed by atoms with E-state index >= 15 is 0 Å². The molecule has 4 aromatic rings. The Morgan fingerprint density at radius 3 is 2.60 bits per heavy atom. The van der Waals surface area contributed by atoms with Gasteiger partial charge in [0.05, 0.1) is 37.3 Å². The van der Waals surface area contributed by atoms with E-state index in [1.165, 1.54) is 29.4 Å². The zero-order valence-electron chi connectivity index (χ0n) is 24.0. The molecule has 226 valence electrons. The predicted molar refractivity (Wildman–Crippen MR) is 163 cm³/mol. The number of nitrogens with one attached hydrogen (secondary N) is 2. The van der Waals surface area contributed by atoms with Crippen molar-refractivity contribution in [3.05, 3.63) is 70.3 Å². The Bertz CT molecular complexity index is 1560. The maximum atomic E-state index is 13.2. The van der Waals surface area contributed by atoms with Gasteiger partial charge in [-0.1, -0.05) is 18.2 Å². The standard InChI is InChI=1S/C30H33N5O6S2/c1-3-39-20-14-12-19(13-15-20)35-24(17-31-27(37)22-10-8-16-41-22)33-34-30(35)42-18-25(36)32-28-26(29(38)40-4-2)21-9-6-5-7-11-23(21)43-28/h8,10,12-16H,3-7,9,11,17-18H2,1-2H3,(H,31,37)(H,32,36). The molecular formula is C30H33N5O6S2. The third-order valence-electron chi connectivity index (χ3n) is 6.74.